The quantitative estimate of drug-likeness (QED) is 0.184. The molecule has 0 aromatic heterocycles. The van der Waals surface area contributed by atoms with E-state index >= 15 is 0 Å². The van der Waals surface area contributed by atoms with Crippen LogP contribution in [-0.2, 0) is 6.42 Å². The van der Waals surface area contributed by atoms with Gasteiger partial charge in [0, 0.05) is 0 Å². The number of nitrogens with one attached hydrogen (secondary N) is 1. The summed E-state index contributed by atoms with van der Waals surface area (Å²) >= 11 is 0. The van der Waals surface area contributed by atoms with Crippen LogP contribution in [0.1, 0.15) is 89.2 Å². The first-order chi connectivity index (χ1) is 14.7. The minimum absolute atomic E-state index is 0.972. The summed E-state index contributed by atoms with van der Waals surface area (Å²) in [5, 5.41) is 4.54. The maximum atomic E-state index is 5.57. The van der Waals surface area contributed by atoms with E-state index < -0.39 is 0 Å². The van der Waals surface area contributed by atoms with Gasteiger partial charge in [-0.3, -0.25) is 5.43 Å². The molecule has 3 heteroatoms. The number of benzene rings is 2. The summed E-state index contributed by atoms with van der Waals surface area (Å²) in [5.41, 5.74) is 7.58. The van der Waals surface area contributed by atoms with E-state index in [1.807, 2.05) is 37.3 Å². The molecule has 0 spiro atoms. The van der Waals surface area contributed by atoms with Gasteiger partial charge in [-0.25, -0.2) is 0 Å². The molecule has 30 heavy (non-hydrogen) atoms. The van der Waals surface area contributed by atoms with E-state index in [2.05, 4.69) is 35.7 Å². The molecule has 0 aliphatic carbocycles. The fraction of sp³-hybridized carbons (Fsp3) is 0.519. The van der Waals surface area contributed by atoms with Gasteiger partial charge in [-0.2, -0.15) is 5.10 Å². The van der Waals surface area contributed by atoms with Crippen LogP contribution in [-0.4, -0.2) is 12.8 Å². The Morgan fingerprint density at radius 2 is 1.47 bits per heavy atom. The number of unbranched alkanes of at least 4 members (excludes halogenated alkanes) is 9. The van der Waals surface area contributed by atoms with Crippen molar-refractivity contribution in [3.05, 3.63) is 59.7 Å². The van der Waals surface area contributed by atoms with Crippen LogP contribution in [0.25, 0.3) is 0 Å². The molecular formula is C27H40N2O. The third-order valence-electron chi connectivity index (χ3n) is 5.62. The molecule has 0 aliphatic heterocycles. The van der Waals surface area contributed by atoms with Crippen LogP contribution in [0.2, 0.25) is 0 Å². The fourth-order valence-electron chi connectivity index (χ4n) is 3.74. The van der Waals surface area contributed by atoms with Gasteiger partial charge < -0.3 is 4.74 Å². The maximum absolute atomic E-state index is 5.57. The molecule has 0 bridgehead atoms. The van der Waals surface area contributed by atoms with Gasteiger partial charge in [0.2, 0.25) is 0 Å². The predicted octanol–water partition coefficient (Wildman–Crippen LogP) is 7.99. The van der Waals surface area contributed by atoms with Gasteiger partial charge >= 0.3 is 0 Å². The van der Waals surface area contributed by atoms with E-state index in [9.17, 15) is 0 Å². The number of hydrazone groups is 1. The maximum Gasteiger partial charge on any atom is 0.122 e. The van der Waals surface area contributed by atoms with Crippen molar-refractivity contribution in [1.29, 1.82) is 0 Å². The lowest BCUT2D eigenvalue weighted by Gasteiger charge is -2.11. The zero-order valence-corrected chi connectivity index (χ0v) is 19.3. The third-order valence-corrected chi connectivity index (χ3v) is 5.62. The molecule has 0 saturated carbocycles. The molecule has 0 saturated heterocycles. The minimum atomic E-state index is 0.972. The van der Waals surface area contributed by atoms with Crippen LogP contribution in [0.15, 0.2) is 53.6 Å². The first-order valence-electron chi connectivity index (χ1n) is 11.8. The van der Waals surface area contributed by atoms with Crippen molar-refractivity contribution in [2.75, 3.05) is 12.5 Å². The molecule has 3 nitrogen and oxygen atoms in total. The number of hydrogen-bond donors (Lipinski definition) is 1. The van der Waals surface area contributed by atoms with Gasteiger partial charge in [-0.15, -0.1) is 0 Å². The zero-order valence-electron chi connectivity index (χ0n) is 19.3. The monoisotopic (exact) mass is 408 g/mol. The fourth-order valence-corrected chi connectivity index (χ4v) is 3.74. The smallest absolute Gasteiger partial charge is 0.122 e. The number of rotatable bonds is 15. The molecule has 2 rings (SSSR count). The Balaban J connectivity index is 1.76. The summed E-state index contributed by atoms with van der Waals surface area (Å²) in [6, 6.07) is 16.5. The largest absolute Gasteiger partial charge is 0.496 e. The number of ether oxygens (including phenoxy) is 1. The Bertz CT molecular complexity index is 740. The molecule has 0 heterocycles. The number of nitrogens with zero attached hydrogens (tertiary/aromatic N) is 1. The van der Waals surface area contributed by atoms with Gasteiger partial charge in [-0.1, -0.05) is 95.0 Å². The molecule has 2 aromatic rings. The highest BCUT2D eigenvalue weighted by Crippen LogP contribution is 2.25. The van der Waals surface area contributed by atoms with Crippen molar-refractivity contribution in [2.45, 2.75) is 84.5 Å². The Hall–Kier alpha value is -2.29. The van der Waals surface area contributed by atoms with E-state index in [1.54, 1.807) is 7.11 Å². The highest BCUT2D eigenvalue weighted by molar-refractivity contribution is 5.99. The number of methoxy groups -OCH3 is 1. The van der Waals surface area contributed by atoms with Crippen LogP contribution in [0, 0.1) is 0 Å². The van der Waals surface area contributed by atoms with E-state index in [0.717, 1.165) is 29.1 Å². The topological polar surface area (TPSA) is 33.6 Å². The Morgan fingerprint density at radius 1 is 0.833 bits per heavy atom. The Morgan fingerprint density at radius 3 is 2.10 bits per heavy atom. The van der Waals surface area contributed by atoms with Gasteiger partial charge in [-0.05, 0) is 49.1 Å². The van der Waals surface area contributed by atoms with Crippen LogP contribution >= 0.6 is 0 Å². The van der Waals surface area contributed by atoms with Gasteiger partial charge in [0.05, 0.1) is 18.5 Å². The van der Waals surface area contributed by atoms with Crippen LogP contribution in [0.5, 0.6) is 5.75 Å². The molecular weight excluding hydrogens is 368 g/mol. The molecule has 2 aromatic carbocycles. The van der Waals surface area contributed by atoms with Crippen LogP contribution in [0.4, 0.5) is 5.69 Å². The molecule has 0 fully saturated rings. The van der Waals surface area contributed by atoms with Crippen molar-refractivity contribution in [1.82, 2.24) is 0 Å². The summed E-state index contributed by atoms with van der Waals surface area (Å²) in [5.74, 6) is 0.972. The average Bonchev–Trinajstić information content (AvgIpc) is 2.79. The molecule has 0 amide bonds. The standard InChI is InChI=1S/C27H40N2O/c1-4-5-6-7-8-9-10-11-12-14-19-25-22-26(20-21-27(25)30-3)29-28-23(2)24-17-15-13-16-18-24/h13,15-18,20-22,29H,4-12,14,19H2,1-3H3. The zero-order chi connectivity index (χ0) is 21.4. The average molecular weight is 409 g/mol. The van der Waals surface area contributed by atoms with E-state index in [1.165, 1.54) is 69.8 Å². The van der Waals surface area contributed by atoms with E-state index in [0.29, 0.717) is 0 Å². The number of anilines is 1. The SMILES string of the molecule is CCCCCCCCCCCCc1cc(NN=C(C)c2ccccc2)ccc1OC. The number of hydrogen-bond acceptors (Lipinski definition) is 3. The molecule has 0 atom stereocenters. The lowest BCUT2D eigenvalue weighted by atomic mass is 10.0. The summed E-state index contributed by atoms with van der Waals surface area (Å²) in [6.45, 7) is 4.30. The first kappa shape index (κ1) is 24.0. The normalized spacial score (nSPS) is 11.5. The molecule has 0 radical (unpaired) electrons. The van der Waals surface area contributed by atoms with Gasteiger partial charge in [0.15, 0.2) is 0 Å². The number of aryl methyl sites for hydroxylation is 1. The lowest BCUT2D eigenvalue weighted by molar-refractivity contribution is 0.408. The minimum Gasteiger partial charge on any atom is -0.496 e. The predicted molar refractivity (Wildman–Crippen MR) is 131 cm³/mol. The Labute approximate surface area is 183 Å². The van der Waals surface area contributed by atoms with Crippen molar-refractivity contribution in [3.8, 4) is 5.75 Å². The highest BCUT2D eigenvalue weighted by Gasteiger charge is 2.05. The summed E-state index contributed by atoms with van der Waals surface area (Å²) in [4.78, 5) is 0. The van der Waals surface area contributed by atoms with E-state index in [-0.39, 0.29) is 0 Å². The lowest BCUT2D eigenvalue weighted by Crippen LogP contribution is -2.00. The van der Waals surface area contributed by atoms with Crippen molar-refractivity contribution >= 4 is 11.4 Å². The summed E-state index contributed by atoms with van der Waals surface area (Å²) < 4.78 is 5.57. The molecule has 0 unspecified atom stereocenters. The Kier molecular flexibility index (Phi) is 11.7. The van der Waals surface area contributed by atoms with E-state index in [4.69, 9.17) is 4.74 Å². The van der Waals surface area contributed by atoms with Gasteiger partial charge in [0.25, 0.3) is 0 Å². The second-order valence-corrected chi connectivity index (χ2v) is 8.13. The second kappa shape index (κ2) is 14.7. The van der Waals surface area contributed by atoms with Crippen molar-refractivity contribution < 1.29 is 4.74 Å². The molecule has 1 N–H and O–H groups in total. The highest BCUT2D eigenvalue weighted by atomic mass is 16.5. The molecule has 0 aliphatic rings. The van der Waals surface area contributed by atoms with Crippen LogP contribution in [0.3, 0.4) is 0 Å². The second-order valence-electron chi connectivity index (χ2n) is 8.13. The van der Waals surface area contributed by atoms with Crippen molar-refractivity contribution in [2.24, 2.45) is 5.10 Å². The van der Waals surface area contributed by atoms with Crippen molar-refractivity contribution in [3.63, 3.8) is 0 Å². The van der Waals surface area contributed by atoms with Gasteiger partial charge in [0.1, 0.15) is 5.75 Å². The summed E-state index contributed by atoms with van der Waals surface area (Å²) in [7, 11) is 1.75. The molecule has 164 valence electrons. The van der Waals surface area contributed by atoms with Crippen LogP contribution < -0.4 is 10.2 Å². The first-order valence-corrected chi connectivity index (χ1v) is 11.8. The third kappa shape index (κ3) is 9.02. The summed E-state index contributed by atoms with van der Waals surface area (Å²) in [6.07, 6.45) is 14.6.